The van der Waals surface area contributed by atoms with Gasteiger partial charge in [-0.25, -0.2) is 4.79 Å². The fourth-order valence-corrected chi connectivity index (χ4v) is 3.79. The third kappa shape index (κ3) is 5.02. The summed E-state index contributed by atoms with van der Waals surface area (Å²) in [5.41, 5.74) is 2.88. The Morgan fingerprint density at radius 3 is 2.11 bits per heavy atom. The van der Waals surface area contributed by atoms with Gasteiger partial charge in [0.2, 0.25) is 5.75 Å². The van der Waals surface area contributed by atoms with Gasteiger partial charge in [0.25, 0.3) is 0 Å². The summed E-state index contributed by atoms with van der Waals surface area (Å²) in [6.07, 6.45) is 2.49. The molecule has 35 heavy (non-hydrogen) atoms. The number of benzene rings is 3. The Bertz CT molecular complexity index is 1210. The minimum atomic E-state index is -0.670. The number of carbonyl (C=O) groups is 1. The normalized spacial score (nSPS) is 16.7. The number of rotatable bonds is 7. The molecule has 0 spiro atoms. The van der Waals surface area contributed by atoms with E-state index in [1.165, 1.54) is 21.3 Å². The van der Waals surface area contributed by atoms with E-state index in [0.717, 1.165) is 11.1 Å². The molecule has 0 aromatic heterocycles. The van der Waals surface area contributed by atoms with Crippen LogP contribution in [0.15, 0.2) is 54.6 Å². The van der Waals surface area contributed by atoms with Gasteiger partial charge in [0.05, 0.1) is 33.5 Å². The minimum absolute atomic E-state index is 0.122. The maximum absolute atomic E-state index is 11.6. The molecule has 0 amide bonds. The molecule has 0 bridgehead atoms. The van der Waals surface area contributed by atoms with Gasteiger partial charge in [-0.1, -0.05) is 30.4 Å². The molecule has 8 heteroatoms. The van der Waals surface area contributed by atoms with Crippen LogP contribution in [-0.2, 0) is 4.74 Å². The lowest BCUT2D eigenvalue weighted by molar-refractivity contribution is -0.0124. The van der Waals surface area contributed by atoms with Crippen LogP contribution < -0.4 is 18.9 Å². The van der Waals surface area contributed by atoms with E-state index in [4.69, 9.17) is 23.7 Å². The Morgan fingerprint density at radius 1 is 0.886 bits per heavy atom. The van der Waals surface area contributed by atoms with Gasteiger partial charge in [0, 0.05) is 5.56 Å². The highest BCUT2D eigenvalue weighted by molar-refractivity contribution is 5.89. The van der Waals surface area contributed by atoms with Crippen molar-refractivity contribution in [2.24, 2.45) is 0 Å². The van der Waals surface area contributed by atoms with Gasteiger partial charge in [-0.05, 0) is 47.5 Å². The summed E-state index contributed by atoms with van der Waals surface area (Å²) >= 11 is 0. The smallest absolute Gasteiger partial charge is 0.337 e. The molecule has 0 fully saturated rings. The largest absolute Gasteiger partial charge is 0.502 e. The first-order valence-electron chi connectivity index (χ1n) is 10.9. The summed E-state index contributed by atoms with van der Waals surface area (Å²) in [5, 5.41) is 20.2. The molecule has 0 saturated carbocycles. The summed E-state index contributed by atoms with van der Waals surface area (Å²) in [7, 11) is 4.23. The summed E-state index contributed by atoms with van der Waals surface area (Å²) in [5.74, 6) is 0.961. The average molecular weight is 478 g/mol. The molecule has 8 nitrogen and oxygen atoms in total. The van der Waals surface area contributed by atoms with Crippen LogP contribution in [-0.4, -0.2) is 50.2 Å². The molecule has 2 N–H and O–H groups in total. The second-order valence-corrected chi connectivity index (χ2v) is 7.80. The van der Waals surface area contributed by atoms with Crippen LogP contribution in [0.3, 0.4) is 0 Å². The molecule has 182 valence electrons. The van der Waals surface area contributed by atoms with Crippen molar-refractivity contribution in [2.75, 3.05) is 27.9 Å². The van der Waals surface area contributed by atoms with Crippen LogP contribution >= 0.6 is 0 Å². The van der Waals surface area contributed by atoms with Crippen molar-refractivity contribution in [1.29, 1.82) is 0 Å². The van der Waals surface area contributed by atoms with Crippen LogP contribution in [0, 0.1) is 0 Å². The first-order chi connectivity index (χ1) is 17.0. The number of aromatic hydroxyl groups is 1. The van der Waals surface area contributed by atoms with Gasteiger partial charge in [0.1, 0.15) is 0 Å². The Hall–Kier alpha value is -4.17. The highest BCUT2D eigenvalue weighted by Gasteiger charge is 2.34. The summed E-state index contributed by atoms with van der Waals surface area (Å²) in [6.45, 7) is -0.279. The maximum atomic E-state index is 11.6. The SMILES string of the molecule is COC(=O)c1ccc(/C=C/c2ccc3c(c2)O[C@@H](c2cc(OC)c(O)c(OC)c2)[C@H](CO)O3)cc1. The van der Waals surface area contributed by atoms with E-state index >= 15 is 0 Å². The molecule has 1 aliphatic heterocycles. The zero-order valence-corrected chi connectivity index (χ0v) is 19.6. The number of carbonyl (C=O) groups excluding carboxylic acids is 1. The van der Waals surface area contributed by atoms with Crippen molar-refractivity contribution in [3.63, 3.8) is 0 Å². The monoisotopic (exact) mass is 478 g/mol. The molecule has 2 atom stereocenters. The van der Waals surface area contributed by atoms with E-state index in [1.54, 1.807) is 30.3 Å². The molecule has 1 heterocycles. The molecule has 3 aromatic rings. The first-order valence-corrected chi connectivity index (χ1v) is 10.9. The van der Waals surface area contributed by atoms with Crippen molar-refractivity contribution in [2.45, 2.75) is 12.2 Å². The molecule has 3 aromatic carbocycles. The molecule has 1 aliphatic rings. The number of fused-ring (bicyclic) bond motifs is 1. The van der Waals surface area contributed by atoms with E-state index in [2.05, 4.69) is 0 Å². The molecular formula is C27H26O8. The average Bonchev–Trinajstić information content (AvgIpc) is 2.91. The van der Waals surface area contributed by atoms with Crippen LogP contribution in [0.5, 0.6) is 28.7 Å². The number of hydrogen-bond acceptors (Lipinski definition) is 8. The Kier molecular flexibility index (Phi) is 7.12. The van der Waals surface area contributed by atoms with E-state index in [0.29, 0.717) is 22.6 Å². The van der Waals surface area contributed by atoms with E-state index < -0.39 is 12.2 Å². The number of phenolic OH excluding ortho intramolecular Hbond substituents is 1. The standard InChI is InChI=1S/C27H26O8/c1-31-22-13-19(14-23(32-2)25(22)29)26-24(15-28)34-20-11-8-17(12-21(20)35-26)5-4-16-6-9-18(10-7-16)27(30)33-3/h4-14,24,26,28-29H,15H2,1-3H3/b5-4+/t24-,26-/m0/s1. The number of esters is 1. The van der Waals surface area contributed by atoms with Gasteiger partial charge >= 0.3 is 5.97 Å². The third-order valence-corrected chi connectivity index (χ3v) is 5.65. The zero-order valence-electron chi connectivity index (χ0n) is 19.6. The maximum Gasteiger partial charge on any atom is 0.337 e. The molecule has 4 rings (SSSR count). The molecular weight excluding hydrogens is 452 g/mol. The number of methoxy groups -OCH3 is 3. The van der Waals surface area contributed by atoms with Crippen LogP contribution in [0.25, 0.3) is 12.2 Å². The fourth-order valence-electron chi connectivity index (χ4n) is 3.79. The number of aliphatic hydroxyl groups is 1. The van der Waals surface area contributed by atoms with Gasteiger partial charge < -0.3 is 33.9 Å². The number of ether oxygens (including phenoxy) is 5. The van der Waals surface area contributed by atoms with Crippen molar-refractivity contribution < 1.29 is 38.7 Å². The number of hydrogen-bond donors (Lipinski definition) is 2. The number of aliphatic hydroxyl groups excluding tert-OH is 1. The van der Waals surface area contributed by atoms with Crippen molar-refractivity contribution >= 4 is 18.1 Å². The molecule has 0 radical (unpaired) electrons. The molecule has 0 unspecified atom stereocenters. The highest BCUT2D eigenvalue weighted by Crippen LogP contribution is 2.44. The van der Waals surface area contributed by atoms with Gasteiger partial charge in [-0.2, -0.15) is 0 Å². The highest BCUT2D eigenvalue weighted by atomic mass is 16.6. The van der Waals surface area contributed by atoms with Crippen molar-refractivity contribution in [3.8, 4) is 28.7 Å². The quantitative estimate of drug-likeness (QED) is 0.384. The minimum Gasteiger partial charge on any atom is -0.502 e. The first kappa shape index (κ1) is 24.0. The van der Waals surface area contributed by atoms with Crippen molar-refractivity contribution in [3.05, 3.63) is 76.9 Å². The van der Waals surface area contributed by atoms with Gasteiger partial charge in [-0.15, -0.1) is 0 Å². The third-order valence-electron chi connectivity index (χ3n) is 5.65. The van der Waals surface area contributed by atoms with E-state index in [1.807, 2.05) is 36.4 Å². The van der Waals surface area contributed by atoms with E-state index in [9.17, 15) is 15.0 Å². The Labute approximate surface area is 202 Å². The van der Waals surface area contributed by atoms with E-state index in [-0.39, 0.29) is 29.8 Å². The predicted octanol–water partition coefficient (Wildman–Crippen LogP) is 4.24. The second kappa shape index (κ2) is 10.4. The van der Waals surface area contributed by atoms with Crippen LogP contribution in [0.4, 0.5) is 0 Å². The van der Waals surface area contributed by atoms with Crippen molar-refractivity contribution in [1.82, 2.24) is 0 Å². The van der Waals surface area contributed by atoms with Gasteiger partial charge in [-0.3, -0.25) is 0 Å². The molecule has 0 aliphatic carbocycles. The zero-order chi connectivity index (χ0) is 24.9. The summed E-state index contributed by atoms with van der Waals surface area (Å²) < 4.78 is 27.5. The summed E-state index contributed by atoms with van der Waals surface area (Å²) in [6, 6.07) is 15.8. The lowest BCUT2D eigenvalue weighted by atomic mass is 10.0. The number of phenols is 1. The topological polar surface area (TPSA) is 104 Å². The predicted molar refractivity (Wildman–Crippen MR) is 129 cm³/mol. The Balaban J connectivity index is 1.59. The second-order valence-electron chi connectivity index (χ2n) is 7.80. The fraction of sp³-hybridized carbons (Fsp3) is 0.222. The lowest BCUT2D eigenvalue weighted by Crippen LogP contribution is -2.36. The van der Waals surface area contributed by atoms with Gasteiger partial charge in [0.15, 0.2) is 35.2 Å². The van der Waals surface area contributed by atoms with Crippen LogP contribution in [0.2, 0.25) is 0 Å². The molecule has 0 saturated heterocycles. The Morgan fingerprint density at radius 2 is 1.51 bits per heavy atom. The lowest BCUT2D eigenvalue weighted by Gasteiger charge is -2.33. The van der Waals surface area contributed by atoms with Crippen LogP contribution in [0.1, 0.15) is 33.2 Å². The summed E-state index contributed by atoms with van der Waals surface area (Å²) in [4.78, 5) is 11.6.